The van der Waals surface area contributed by atoms with Gasteiger partial charge in [-0.3, -0.25) is 9.69 Å². The predicted molar refractivity (Wildman–Crippen MR) is 67.8 cm³/mol. The molecular weight excluding hydrogens is 232 g/mol. The average molecular weight is 252 g/mol. The number of aromatic nitrogens is 3. The van der Waals surface area contributed by atoms with E-state index in [0.717, 1.165) is 12.4 Å². The van der Waals surface area contributed by atoms with Crippen molar-refractivity contribution in [2.24, 2.45) is 0 Å². The van der Waals surface area contributed by atoms with Gasteiger partial charge in [-0.15, -0.1) is 6.58 Å². The third-order valence-corrected chi connectivity index (χ3v) is 2.41. The summed E-state index contributed by atoms with van der Waals surface area (Å²) in [4.78, 5) is 17.6. The van der Waals surface area contributed by atoms with E-state index < -0.39 is 0 Å². The van der Waals surface area contributed by atoms with Gasteiger partial charge in [-0.2, -0.15) is 5.10 Å². The van der Waals surface area contributed by atoms with Crippen molar-refractivity contribution in [1.82, 2.24) is 19.7 Å². The number of rotatable bonds is 8. The molecule has 1 aromatic rings. The van der Waals surface area contributed by atoms with Gasteiger partial charge in [-0.05, 0) is 13.8 Å². The Bertz CT molecular complexity index is 389. The first kappa shape index (κ1) is 14.4. The fourth-order valence-corrected chi connectivity index (χ4v) is 1.63. The van der Waals surface area contributed by atoms with E-state index in [-0.39, 0.29) is 12.5 Å². The maximum atomic E-state index is 11.5. The zero-order chi connectivity index (χ0) is 13.4. The van der Waals surface area contributed by atoms with Gasteiger partial charge < -0.3 is 4.74 Å². The number of hydrogen-bond acceptors (Lipinski definition) is 5. The van der Waals surface area contributed by atoms with Crippen LogP contribution in [-0.2, 0) is 22.6 Å². The van der Waals surface area contributed by atoms with Gasteiger partial charge in [0.15, 0.2) is 0 Å². The summed E-state index contributed by atoms with van der Waals surface area (Å²) >= 11 is 0. The largest absolute Gasteiger partial charge is 0.465 e. The first-order valence-corrected chi connectivity index (χ1v) is 6.06. The van der Waals surface area contributed by atoms with Crippen LogP contribution >= 0.6 is 0 Å². The van der Waals surface area contributed by atoms with Crippen molar-refractivity contribution < 1.29 is 9.53 Å². The van der Waals surface area contributed by atoms with E-state index >= 15 is 0 Å². The van der Waals surface area contributed by atoms with Crippen molar-refractivity contribution in [3.8, 4) is 0 Å². The summed E-state index contributed by atoms with van der Waals surface area (Å²) in [6, 6.07) is 0. The highest BCUT2D eigenvalue weighted by Gasteiger charge is 2.13. The lowest BCUT2D eigenvalue weighted by molar-refractivity contribution is -0.144. The average Bonchev–Trinajstić information content (AvgIpc) is 2.76. The predicted octanol–water partition coefficient (Wildman–Crippen LogP) is 0.849. The lowest BCUT2D eigenvalue weighted by Crippen LogP contribution is -2.32. The maximum Gasteiger partial charge on any atom is 0.320 e. The van der Waals surface area contributed by atoms with E-state index in [1.807, 2.05) is 11.8 Å². The summed E-state index contributed by atoms with van der Waals surface area (Å²) in [5.41, 5.74) is 0. The third-order valence-electron chi connectivity index (χ3n) is 2.41. The molecule has 0 spiro atoms. The molecule has 0 aliphatic carbocycles. The summed E-state index contributed by atoms with van der Waals surface area (Å²) in [6.07, 6.45) is 3.28. The molecule has 0 amide bonds. The molecule has 0 aromatic carbocycles. The van der Waals surface area contributed by atoms with Crippen LogP contribution in [0, 0.1) is 0 Å². The minimum absolute atomic E-state index is 0.233. The van der Waals surface area contributed by atoms with Crippen LogP contribution in [0.2, 0.25) is 0 Å². The van der Waals surface area contributed by atoms with Gasteiger partial charge in [0.2, 0.25) is 0 Å². The molecule has 1 aromatic heterocycles. The van der Waals surface area contributed by atoms with Crippen LogP contribution in [0.1, 0.15) is 19.7 Å². The lowest BCUT2D eigenvalue weighted by Gasteiger charge is -2.19. The smallest absolute Gasteiger partial charge is 0.320 e. The van der Waals surface area contributed by atoms with Crippen LogP contribution in [0.5, 0.6) is 0 Å². The molecule has 18 heavy (non-hydrogen) atoms. The van der Waals surface area contributed by atoms with Crippen molar-refractivity contribution >= 4 is 5.97 Å². The molecule has 0 aliphatic heterocycles. The molecule has 6 nitrogen and oxygen atoms in total. The summed E-state index contributed by atoms with van der Waals surface area (Å²) in [5.74, 6) is 0.602. The van der Waals surface area contributed by atoms with Crippen LogP contribution in [0.15, 0.2) is 19.0 Å². The number of esters is 1. The summed E-state index contributed by atoms with van der Waals surface area (Å²) in [6.45, 7) is 10.0. The summed E-state index contributed by atoms with van der Waals surface area (Å²) in [5, 5.41) is 4.10. The highest BCUT2D eigenvalue weighted by atomic mass is 16.5. The SMILES string of the molecule is C=CCN(CC(=O)OCC)Cc1ncnn1CC. The van der Waals surface area contributed by atoms with Crippen LogP contribution in [0.4, 0.5) is 0 Å². The van der Waals surface area contributed by atoms with E-state index in [9.17, 15) is 4.79 Å². The molecule has 0 saturated heterocycles. The molecule has 1 rings (SSSR count). The maximum absolute atomic E-state index is 11.5. The first-order valence-electron chi connectivity index (χ1n) is 6.06. The van der Waals surface area contributed by atoms with E-state index in [0.29, 0.717) is 19.7 Å². The highest BCUT2D eigenvalue weighted by Crippen LogP contribution is 2.02. The van der Waals surface area contributed by atoms with Gasteiger partial charge in [0, 0.05) is 13.1 Å². The minimum Gasteiger partial charge on any atom is -0.465 e. The topological polar surface area (TPSA) is 60.3 Å². The monoisotopic (exact) mass is 252 g/mol. The van der Waals surface area contributed by atoms with Gasteiger partial charge in [0.1, 0.15) is 12.2 Å². The van der Waals surface area contributed by atoms with Gasteiger partial charge in [-0.1, -0.05) is 6.08 Å². The molecule has 0 atom stereocenters. The Hall–Kier alpha value is -1.69. The molecule has 0 bridgehead atoms. The second-order valence-corrected chi connectivity index (χ2v) is 3.76. The number of nitrogens with zero attached hydrogens (tertiary/aromatic N) is 4. The number of carbonyl (C=O) groups excluding carboxylic acids is 1. The number of aryl methyl sites for hydroxylation is 1. The molecule has 0 radical (unpaired) electrons. The van der Waals surface area contributed by atoms with Gasteiger partial charge >= 0.3 is 5.97 Å². The minimum atomic E-state index is -0.234. The lowest BCUT2D eigenvalue weighted by atomic mass is 10.4. The van der Waals surface area contributed by atoms with Crippen LogP contribution in [0.3, 0.4) is 0 Å². The standard InChI is InChI=1S/C12H20N4O2/c1-4-7-15(9-12(17)18-6-3)8-11-13-10-14-16(11)5-2/h4,10H,1,5-9H2,2-3H3. The number of ether oxygens (including phenoxy) is 1. The van der Waals surface area contributed by atoms with Gasteiger partial charge in [0.05, 0.1) is 19.7 Å². The Morgan fingerprint density at radius 2 is 2.39 bits per heavy atom. The van der Waals surface area contributed by atoms with Crippen LogP contribution in [-0.4, -0.2) is 45.3 Å². The normalized spacial score (nSPS) is 10.6. The first-order chi connectivity index (χ1) is 8.71. The van der Waals surface area contributed by atoms with Crippen molar-refractivity contribution in [2.45, 2.75) is 26.9 Å². The van der Waals surface area contributed by atoms with Gasteiger partial charge in [0.25, 0.3) is 0 Å². The van der Waals surface area contributed by atoms with E-state index in [1.165, 1.54) is 6.33 Å². The Morgan fingerprint density at radius 1 is 1.61 bits per heavy atom. The second kappa shape index (κ2) is 7.60. The van der Waals surface area contributed by atoms with Crippen LogP contribution in [0.25, 0.3) is 0 Å². The molecular formula is C12H20N4O2. The quantitative estimate of drug-likeness (QED) is 0.507. The Kier molecular flexibility index (Phi) is 6.07. The van der Waals surface area contributed by atoms with Crippen LogP contribution < -0.4 is 0 Å². The highest BCUT2D eigenvalue weighted by molar-refractivity contribution is 5.71. The Balaban J connectivity index is 2.62. The van der Waals surface area contributed by atoms with Crippen molar-refractivity contribution in [1.29, 1.82) is 0 Å². The molecule has 0 aliphatic rings. The summed E-state index contributed by atoms with van der Waals surface area (Å²) in [7, 11) is 0. The van der Waals surface area contributed by atoms with E-state index in [1.54, 1.807) is 17.7 Å². The summed E-state index contributed by atoms with van der Waals surface area (Å²) < 4.78 is 6.74. The second-order valence-electron chi connectivity index (χ2n) is 3.76. The molecule has 0 fully saturated rings. The van der Waals surface area contributed by atoms with Gasteiger partial charge in [-0.25, -0.2) is 9.67 Å². The van der Waals surface area contributed by atoms with Crippen molar-refractivity contribution in [2.75, 3.05) is 19.7 Å². The zero-order valence-corrected chi connectivity index (χ0v) is 11.0. The number of carbonyl (C=O) groups is 1. The van der Waals surface area contributed by atoms with E-state index in [4.69, 9.17) is 4.74 Å². The molecule has 1 heterocycles. The third kappa shape index (κ3) is 4.29. The molecule has 0 unspecified atom stereocenters. The van der Waals surface area contributed by atoms with Crippen molar-refractivity contribution in [3.63, 3.8) is 0 Å². The fourth-order valence-electron chi connectivity index (χ4n) is 1.63. The van der Waals surface area contributed by atoms with Crippen molar-refractivity contribution in [3.05, 3.63) is 24.8 Å². The Morgan fingerprint density at radius 3 is 3.00 bits per heavy atom. The zero-order valence-electron chi connectivity index (χ0n) is 11.0. The molecule has 100 valence electrons. The fraction of sp³-hybridized carbons (Fsp3) is 0.583. The number of hydrogen-bond donors (Lipinski definition) is 0. The Labute approximate surface area is 107 Å². The molecule has 0 saturated carbocycles. The molecule has 0 N–H and O–H groups in total. The molecule has 6 heteroatoms. The van der Waals surface area contributed by atoms with E-state index in [2.05, 4.69) is 16.7 Å².